The molecule has 3 aromatic rings. The van der Waals surface area contributed by atoms with Gasteiger partial charge in [0.1, 0.15) is 10.6 Å². The van der Waals surface area contributed by atoms with Gasteiger partial charge in [-0.05, 0) is 42.3 Å². The van der Waals surface area contributed by atoms with Gasteiger partial charge in [0.15, 0.2) is 9.84 Å². The summed E-state index contributed by atoms with van der Waals surface area (Å²) in [5.41, 5.74) is -8.62. The zero-order chi connectivity index (χ0) is 29.7. The van der Waals surface area contributed by atoms with Gasteiger partial charge in [0, 0.05) is 36.5 Å². The second-order valence-electron chi connectivity index (χ2n) is 9.10. The van der Waals surface area contributed by atoms with Crippen molar-refractivity contribution in [2.75, 3.05) is 13.1 Å². The summed E-state index contributed by atoms with van der Waals surface area (Å²) in [7, 11) is -4.60. The van der Waals surface area contributed by atoms with Crippen LogP contribution in [0, 0.1) is 5.82 Å². The fraction of sp³-hybridized carbons (Fsp3) is 0.280. The van der Waals surface area contributed by atoms with Crippen molar-refractivity contribution in [3.8, 4) is 0 Å². The molecule has 1 aliphatic rings. The molecule has 1 atom stereocenters. The van der Waals surface area contributed by atoms with Crippen LogP contribution in [0.1, 0.15) is 27.9 Å². The number of benzene rings is 2. The van der Waals surface area contributed by atoms with Gasteiger partial charge in [-0.1, -0.05) is 24.3 Å². The molecule has 214 valence electrons. The lowest BCUT2D eigenvalue weighted by Gasteiger charge is -2.32. The van der Waals surface area contributed by atoms with Crippen molar-refractivity contribution in [2.45, 2.75) is 34.1 Å². The molecular formula is C25H18F8N2O4S. The fourth-order valence-corrected chi connectivity index (χ4v) is 6.73. The van der Waals surface area contributed by atoms with E-state index in [1.165, 1.54) is 12.3 Å². The van der Waals surface area contributed by atoms with E-state index in [2.05, 4.69) is 4.98 Å². The molecule has 2 heterocycles. The number of carbonyl (C=O) groups is 1. The molecule has 6 nitrogen and oxygen atoms in total. The first-order valence-corrected chi connectivity index (χ1v) is 12.8. The molecule has 0 aliphatic carbocycles. The van der Waals surface area contributed by atoms with Crippen molar-refractivity contribution >= 4 is 15.7 Å². The molecule has 2 aromatic carbocycles. The first-order valence-electron chi connectivity index (χ1n) is 11.4. The quantitative estimate of drug-likeness (QED) is 0.332. The number of carbonyl (C=O) groups excluding carboxylic acids is 1. The molecule has 0 bridgehead atoms. The Morgan fingerprint density at radius 3 is 1.98 bits per heavy atom. The van der Waals surface area contributed by atoms with Crippen LogP contribution in [0.3, 0.4) is 0 Å². The summed E-state index contributed by atoms with van der Waals surface area (Å²) in [6.07, 6.45) is -12.0. The monoisotopic (exact) mass is 594 g/mol. The van der Waals surface area contributed by atoms with Crippen molar-refractivity contribution in [1.29, 1.82) is 0 Å². The number of likely N-dealkylation sites (tertiary alicyclic amines) is 1. The van der Waals surface area contributed by atoms with Crippen LogP contribution in [-0.2, 0) is 20.3 Å². The third-order valence-corrected chi connectivity index (χ3v) is 9.26. The molecule has 40 heavy (non-hydrogen) atoms. The molecule has 0 saturated carbocycles. The minimum absolute atomic E-state index is 0.105. The Labute approximate surface area is 221 Å². The summed E-state index contributed by atoms with van der Waals surface area (Å²) in [5, 5.41) is 0. The van der Waals surface area contributed by atoms with E-state index in [4.69, 9.17) is 0 Å². The molecule has 1 aliphatic heterocycles. The highest BCUT2D eigenvalue weighted by atomic mass is 32.2. The van der Waals surface area contributed by atoms with E-state index in [-0.39, 0.29) is 36.2 Å². The van der Waals surface area contributed by atoms with E-state index in [0.29, 0.717) is 12.1 Å². The number of halogens is 8. The number of hydrogen-bond donors (Lipinski definition) is 1. The molecule has 1 unspecified atom stereocenters. The minimum Gasteiger partial charge on any atom is -0.337 e. The maximum Gasteiger partial charge on any atom is 0.435 e. The number of aromatic amines is 1. The molecule has 1 fully saturated rings. The summed E-state index contributed by atoms with van der Waals surface area (Å²) < 4.78 is 133. The van der Waals surface area contributed by atoms with Crippen LogP contribution >= 0.6 is 0 Å². The van der Waals surface area contributed by atoms with Gasteiger partial charge in [-0.15, -0.1) is 0 Å². The van der Waals surface area contributed by atoms with Crippen LogP contribution in [0.2, 0.25) is 0 Å². The Morgan fingerprint density at radius 1 is 0.875 bits per heavy atom. The maximum atomic E-state index is 14.6. The number of H-pyrrole nitrogens is 1. The highest BCUT2D eigenvalue weighted by Gasteiger charge is 2.73. The van der Waals surface area contributed by atoms with E-state index in [1.807, 2.05) is 0 Å². The van der Waals surface area contributed by atoms with Crippen LogP contribution in [0.15, 0.2) is 76.6 Å². The Morgan fingerprint density at radius 2 is 1.45 bits per heavy atom. The molecule has 4 rings (SSSR count). The van der Waals surface area contributed by atoms with Crippen molar-refractivity contribution in [3.05, 3.63) is 99.7 Å². The Balaban J connectivity index is 1.84. The zero-order valence-corrected chi connectivity index (χ0v) is 20.8. The first-order chi connectivity index (χ1) is 18.4. The molecule has 0 spiro atoms. The summed E-state index contributed by atoms with van der Waals surface area (Å²) in [5.74, 6) is -1.55. The van der Waals surface area contributed by atoms with E-state index < -0.39 is 66.9 Å². The third kappa shape index (κ3) is 4.65. The standard InChI is InChI=1S/C25H18F8N2O4S/c26-18-5-7-19(8-6-18)40(38,39)22(10-12-35(14-22)21(37)15-9-11-34-20(36)13-15)16-1-3-17(4-2-16)23(27,24(28,29)30)25(31,32)33/h1-9,11,13H,10,12,14H2,(H,34,36). The second kappa shape index (κ2) is 9.71. The molecule has 1 N–H and O–H groups in total. The largest absolute Gasteiger partial charge is 0.435 e. The van der Waals surface area contributed by atoms with Crippen LogP contribution in [0.5, 0.6) is 0 Å². The van der Waals surface area contributed by atoms with Crippen molar-refractivity contribution in [2.24, 2.45) is 0 Å². The lowest BCUT2D eigenvalue weighted by molar-refractivity contribution is -0.348. The van der Waals surface area contributed by atoms with Gasteiger partial charge >= 0.3 is 18.0 Å². The van der Waals surface area contributed by atoms with Crippen LogP contribution in [-0.4, -0.2) is 49.7 Å². The van der Waals surface area contributed by atoms with Gasteiger partial charge < -0.3 is 9.88 Å². The Bertz CT molecular complexity index is 1570. The van der Waals surface area contributed by atoms with Gasteiger partial charge in [-0.25, -0.2) is 17.2 Å². The summed E-state index contributed by atoms with van der Waals surface area (Å²) in [6.45, 7) is -0.872. The van der Waals surface area contributed by atoms with Crippen LogP contribution in [0.25, 0.3) is 0 Å². The van der Waals surface area contributed by atoms with E-state index in [1.54, 1.807) is 0 Å². The van der Waals surface area contributed by atoms with Gasteiger partial charge in [0.2, 0.25) is 5.56 Å². The fourth-order valence-electron chi connectivity index (χ4n) is 4.66. The number of alkyl halides is 7. The average Bonchev–Trinajstić information content (AvgIpc) is 3.34. The van der Waals surface area contributed by atoms with Crippen LogP contribution < -0.4 is 5.56 Å². The van der Waals surface area contributed by atoms with Crippen molar-refractivity contribution in [1.82, 2.24) is 9.88 Å². The number of hydrogen-bond acceptors (Lipinski definition) is 4. The highest BCUT2D eigenvalue weighted by Crippen LogP contribution is 2.53. The predicted molar refractivity (Wildman–Crippen MR) is 124 cm³/mol. The number of sulfone groups is 1. The Hall–Kier alpha value is -3.75. The number of rotatable bonds is 5. The number of aromatic nitrogens is 1. The summed E-state index contributed by atoms with van der Waals surface area (Å²) in [4.78, 5) is 27.6. The predicted octanol–water partition coefficient (Wildman–Crippen LogP) is 5.02. The van der Waals surface area contributed by atoms with Crippen molar-refractivity contribution < 1.29 is 48.3 Å². The SMILES string of the molecule is O=C(c1cc[nH]c(=O)c1)N1CCC(c2ccc(C(F)(C(F)(F)F)C(F)(F)F)cc2)(S(=O)(=O)c2ccc(F)cc2)C1. The molecule has 1 saturated heterocycles. The first kappa shape index (κ1) is 29.2. The van der Waals surface area contributed by atoms with E-state index >= 15 is 0 Å². The Kier molecular flexibility index (Phi) is 7.10. The molecular weight excluding hydrogens is 576 g/mol. The number of nitrogens with one attached hydrogen (secondary N) is 1. The zero-order valence-electron chi connectivity index (χ0n) is 20.0. The molecule has 0 radical (unpaired) electrons. The highest BCUT2D eigenvalue weighted by molar-refractivity contribution is 7.92. The number of amides is 1. The lowest BCUT2D eigenvalue weighted by atomic mass is 9.90. The molecule has 1 aromatic heterocycles. The van der Waals surface area contributed by atoms with Gasteiger partial charge in [0.05, 0.1) is 4.90 Å². The molecule has 1 amide bonds. The van der Waals surface area contributed by atoms with Gasteiger partial charge in [0.25, 0.3) is 5.91 Å². The number of pyridine rings is 1. The summed E-state index contributed by atoms with van der Waals surface area (Å²) in [6, 6.07) is 7.36. The average molecular weight is 594 g/mol. The third-order valence-electron chi connectivity index (χ3n) is 6.77. The van der Waals surface area contributed by atoms with E-state index in [9.17, 15) is 53.1 Å². The van der Waals surface area contributed by atoms with Gasteiger partial charge in [-0.3, -0.25) is 9.59 Å². The number of nitrogens with zero attached hydrogens (tertiary/aromatic N) is 1. The molecule has 15 heteroatoms. The van der Waals surface area contributed by atoms with E-state index in [0.717, 1.165) is 35.2 Å². The smallest absolute Gasteiger partial charge is 0.337 e. The minimum atomic E-state index is -6.38. The second-order valence-corrected chi connectivity index (χ2v) is 11.4. The topological polar surface area (TPSA) is 87.3 Å². The normalized spacial score (nSPS) is 18.6. The maximum absolute atomic E-state index is 14.6. The van der Waals surface area contributed by atoms with Crippen molar-refractivity contribution in [3.63, 3.8) is 0 Å². The lowest BCUT2D eigenvalue weighted by Crippen LogP contribution is -2.50. The van der Waals surface area contributed by atoms with Gasteiger partial charge in [-0.2, -0.15) is 26.3 Å². The van der Waals surface area contributed by atoms with Crippen LogP contribution in [0.4, 0.5) is 35.1 Å². The summed E-state index contributed by atoms with van der Waals surface area (Å²) >= 11 is 0.